The largest absolute Gasteiger partial charge is 0.494 e. The number of benzene rings is 1. The van der Waals surface area contributed by atoms with Crippen molar-refractivity contribution in [2.75, 3.05) is 25.1 Å². The Labute approximate surface area is 129 Å². The molecule has 1 N–H and O–H groups in total. The van der Waals surface area contributed by atoms with E-state index >= 15 is 0 Å². The summed E-state index contributed by atoms with van der Waals surface area (Å²) >= 11 is 0. The molecule has 0 fully saturated rings. The van der Waals surface area contributed by atoms with Gasteiger partial charge in [-0.15, -0.1) is 0 Å². The van der Waals surface area contributed by atoms with Crippen molar-refractivity contribution >= 4 is 11.9 Å². The Morgan fingerprint density at radius 2 is 2.00 bits per heavy atom. The zero-order valence-electron chi connectivity index (χ0n) is 12.6. The summed E-state index contributed by atoms with van der Waals surface area (Å²) in [6.45, 7) is 1.53. The number of carbonyl (C=O) groups is 1. The second-order valence-corrected chi connectivity index (χ2v) is 5.01. The van der Waals surface area contributed by atoms with E-state index in [0.29, 0.717) is 12.4 Å². The third-order valence-corrected chi connectivity index (χ3v) is 3.31. The SMILES string of the molecule is CN(CCCCCOc1ccc(C(=O)O)cc1)c1ccno1. The topological polar surface area (TPSA) is 75.8 Å². The number of aromatic nitrogens is 1. The predicted molar refractivity (Wildman–Crippen MR) is 82.5 cm³/mol. The Morgan fingerprint density at radius 1 is 1.23 bits per heavy atom. The Hall–Kier alpha value is -2.50. The molecule has 0 amide bonds. The van der Waals surface area contributed by atoms with Gasteiger partial charge in [0.05, 0.1) is 18.4 Å². The molecule has 0 radical (unpaired) electrons. The van der Waals surface area contributed by atoms with Gasteiger partial charge in [0.2, 0.25) is 5.88 Å². The summed E-state index contributed by atoms with van der Waals surface area (Å²) in [5, 5.41) is 12.5. The summed E-state index contributed by atoms with van der Waals surface area (Å²) in [5.41, 5.74) is 0.266. The van der Waals surface area contributed by atoms with Crippen molar-refractivity contribution in [2.24, 2.45) is 0 Å². The van der Waals surface area contributed by atoms with Gasteiger partial charge in [0, 0.05) is 19.7 Å². The zero-order valence-corrected chi connectivity index (χ0v) is 12.6. The maximum atomic E-state index is 10.7. The third kappa shape index (κ3) is 4.80. The van der Waals surface area contributed by atoms with Crippen LogP contribution >= 0.6 is 0 Å². The number of nitrogens with zero attached hydrogens (tertiary/aromatic N) is 2. The van der Waals surface area contributed by atoms with Crippen LogP contribution in [0.15, 0.2) is 41.1 Å². The molecule has 0 saturated carbocycles. The van der Waals surface area contributed by atoms with Gasteiger partial charge in [-0.05, 0) is 43.5 Å². The number of hydrogen-bond acceptors (Lipinski definition) is 5. The first-order valence-corrected chi connectivity index (χ1v) is 7.25. The molecule has 2 rings (SSSR count). The standard InChI is InChI=1S/C16H20N2O4/c1-18(15-9-10-17-22-15)11-3-2-4-12-21-14-7-5-13(6-8-14)16(19)20/h5-10H,2-4,11-12H2,1H3,(H,19,20). The Bertz CT molecular complexity index is 566. The predicted octanol–water partition coefficient (Wildman–Crippen LogP) is 3.06. The summed E-state index contributed by atoms with van der Waals surface area (Å²) in [6, 6.07) is 8.29. The van der Waals surface area contributed by atoms with Crippen LogP contribution in [0.25, 0.3) is 0 Å². The van der Waals surface area contributed by atoms with E-state index in [1.54, 1.807) is 30.5 Å². The van der Waals surface area contributed by atoms with Crippen molar-refractivity contribution in [1.82, 2.24) is 5.16 Å². The molecule has 0 atom stereocenters. The summed E-state index contributed by atoms with van der Waals surface area (Å²) in [7, 11) is 1.97. The molecule has 1 aromatic carbocycles. The molecule has 22 heavy (non-hydrogen) atoms. The number of anilines is 1. The second-order valence-electron chi connectivity index (χ2n) is 5.01. The molecule has 0 saturated heterocycles. The van der Waals surface area contributed by atoms with E-state index in [4.69, 9.17) is 14.4 Å². The lowest BCUT2D eigenvalue weighted by Gasteiger charge is -2.14. The molecule has 6 nitrogen and oxygen atoms in total. The Kier molecular flexibility index (Phi) is 5.82. The minimum absolute atomic E-state index is 0.266. The highest BCUT2D eigenvalue weighted by Gasteiger charge is 2.04. The number of hydrogen-bond donors (Lipinski definition) is 1. The number of unbranched alkanes of at least 4 members (excludes halogenated alkanes) is 2. The van der Waals surface area contributed by atoms with Crippen molar-refractivity contribution in [3.05, 3.63) is 42.1 Å². The zero-order chi connectivity index (χ0) is 15.8. The molecule has 118 valence electrons. The molecule has 0 aliphatic carbocycles. The number of carboxylic acid groups (broad SMARTS) is 1. The monoisotopic (exact) mass is 304 g/mol. The average molecular weight is 304 g/mol. The molecule has 0 unspecified atom stereocenters. The van der Waals surface area contributed by atoms with Crippen LogP contribution in [0.4, 0.5) is 5.88 Å². The summed E-state index contributed by atoms with van der Waals surface area (Å²) < 4.78 is 10.7. The normalized spacial score (nSPS) is 10.4. The third-order valence-electron chi connectivity index (χ3n) is 3.31. The highest BCUT2D eigenvalue weighted by atomic mass is 16.5. The summed E-state index contributed by atoms with van der Waals surface area (Å²) in [4.78, 5) is 12.8. The van der Waals surface area contributed by atoms with Crippen LogP contribution in [0, 0.1) is 0 Å². The quantitative estimate of drug-likeness (QED) is 0.718. The summed E-state index contributed by atoms with van der Waals surface area (Å²) in [5.74, 6) is 0.543. The molecule has 6 heteroatoms. The molecule has 0 aliphatic rings. The molecule has 0 aliphatic heterocycles. The fraction of sp³-hybridized carbons (Fsp3) is 0.375. The fourth-order valence-corrected chi connectivity index (χ4v) is 2.03. The number of carboxylic acids is 1. The molecular weight excluding hydrogens is 284 g/mol. The molecule has 0 spiro atoms. The van der Waals surface area contributed by atoms with Crippen molar-refractivity contribution in [1.29, 1.82) is 0 Å². The van der Waals surface area contributed by atoms with Crippen LogP contribution in [-0.2, 0) is 0 Å². The lowest BCUT2D eigenvalue weighted by Crippen LogP contribution is -2.17. The van der Waals surface area contributed by atoms with Crippen LogP contribution < -0.4 is 9.64 Å². The van der Waals surface area contributed by atoms with Gasteiger partial charge in [-0.2, -0.15) is 0 Å². The van der Waals surface area contributed by atoms with E-state index < -0.39 is 5.97 Å². The van der Waals surface area contributed by atoms with E-state index in [1.165, 1.54) is 0 Å². The lowest BCUT2D eigenvalue weighted by molar-refractivity contribution is 0.0697. The Balaban J connectivity index is 1.58. The first-order valence-electron chi connectivity index (χ1n) is 7.25. The van der Waals surface area contributed by atoms with Gasteiger partial charge < -0.3 is 19.3 Å². The van der Waals surface area contributed by atoms with Crippen molar-refractivity contribution in [3.8, 4) is 5.75 Å². The van der Waals surface area contributed by atoms with Crippen LogP contribution in [0.2, 0.25) is 0 Å². The number of aromatic carboxylic acids is 1. The van der Waals surface area contributed by atoms with Gasteiger partial charge in [-0.3, -0.25) is 0 Å². The van der Waals surface area contributed by atoms with Gasteiger partial charge in [-0.1, -0.05) is 5.16 Å². The summed E-state index contributed by atoms with van der Waals surface area (Å²) in [6.07, 6.45) is 4.67. The van der Waals surface area contributed by atoms with Crippen LogP contribution in [0.5, 0.6) is 5.75 Å². The van der Waals surface area contributed by atoms with Crippen LogP contribution in [0.3, 0.4) is 0 Å². The Morgan fingerprint density at radius 3 is 2.64 bits per heavy atom. The first-order chi connectivity index (χ1) is 10.7. The van der Waals surface area contributed by atoms with Crippen molar-refractivity contribution < 1.29 is 19.2 Å². The van der Waals surface area contributed by atoms with Gasteiger partial charge in [0.1, 0.15) is 5.75 Å². The minimum atomic E-state index is -0.928. The number of rotatable bonds is 9. The van der Waals surface area contributed by atoms with E-state index in [9.17, 15) is 4.79 Å². The molecular formula is C16H20N2O4. The second kappa shape index (κ2) is 8.07. The maximum Gasteiger partial charge on any atom is 0.335 e. The maximum absolute atomic E-state index is 10.7. The minimum Gasteiger partial charge on any atom is -0.494 e. The smallest absolute Gasteiger partial charge is 0.335 e. The van der Waals surface area contributed by atoms with Crippen LogP contribution in [0.1, 0.15) is 29.6 Å². The molecule has 2 aromatic rings. The van der Waals surface area contributed by atoms with Crippen LogP contribution in [-0.4, -0.2) is 36.4 Å². The lowest BCUT2D eigenvalue weighted by atomic mass is 10.2. The van der Waals surface area contributed by atoms with E-state index in [0.717, 1.165) is 31.7 Å². The molecule has 1 aromatic heterocycles. The first kappa shape index (κ1) is 15.9. The highest BCUT2D eigenvalue weighted by Crippen LogP contribution is 2.14. The highest BCUT2D eigenvalue weighted by molar-refractivity contribution is 5.87. The van der Waals surface area contributed by atoms with E-state index in [2.05, 4.69) is 5.16 Å². The van der Waals surface area contributed by atoms with Crippen molar-refractivity contribution in [3.63, 3.8) is 0 Å². The fourth-order valence-electron chi connectivity index (χ4n) is 2.03. The molecule has 0 bridgehead atoms. The van der Waals surface area contributed by atoms with Gasteiger partial charge in [-0.25, -0.2) is 4.79 Å². The van der Waals surface area contributed by atoms with E-state index in [-0.39, 0.29) is 5.56 Å². The average Bonchev–Trinajstić information content (AvgIpc) is 3.05. The van der Waals surface area contributed by atoms with Crippen molar-refractivity contribution in [2.45, 2.75) is 19.3 Å². The molecule has 1 heterocycles. The van der Waals surface area contributed by atoms with E-state index in [1.807, 2.05) is 18.0 Å². The van der Waals surface area contributed by atoms with Gasteiger partial charge in [0.15, 0.2) is 0 Å². The number of ether oxygens (including phenoxy) is 1. The van der Waals surface area contributed by atoms with Gasteiger partial charge in [0.25, 0.3) is 0 Å². The van der Waals surface area contributed by atoms with Gasteiger partial charge >= 0.3 is 5.97 Å².